The summed E-state index contributed by atoms with van der Waals surface area (Å²) in [6.07, 6.45) is 0. The molecule has 1 aromatic rings. The van der Waals surface area contributed by atoms with Gasteiger partial charge in [0.2, 0.25) is 5.91 Å². The maximum atomic E-state index is 11.8. The lowest BCUT2D eigenvalue weighted by atomic mass is 10.0. The molecule has 0 spiro atoms. The Balaban J connectivity index is 3.33. The summed E-state index contributed by atoms with van der Waals surface area (Å²) in [6, 6.07) is 5.65. The Morgan fingerprint density at radius 3 is 2.35 bits per heavy atom. The number of carboxylic acid groups (broad SMARTS) is 1. The molecule has 0 aliphatic carbocycles. The monoisotopic (exact) mass is 279 g/mol. The highest BCUT2D eigenvalue weighted by Crippen LogP contribution is 2.31. The summed E-state index contributed by atoms with van der Waals surface area (Å²) < 4.78 is 5.48. The van der Waals surface area contributed by atoms with Crippen molar-refractivity contribution in [3.63, 3.8) is 0 Å². The second-order valence-corrected chi connectivity index (χ2v) is 4.73. The van der Waals surface area contributed by atoms with E-state index in [-0.39, 0.29) is 11.9 Å². The number of para-hydroxylation sites is 1. The molecule has 0 aliphatic rings. The number of carboxylic acids is 1. The summed E-state index contributed by atoms with van der Waals surface area (Å²) in [5.41, 5.74) is 0.491. The number of hydrogen-bond donors (Lipinski definition) is 1. The highest BCUT2D eigenvalue weighted by Gasteiger charge is 2.33. The van der Waals surface area contributed by atoms with Gasteiger partial charge in [-0.3, -0.25) is 4.79 Å². The van der Waals surface area contributed by atoms with Gasteiger partial charge in [-0.2, -0.15) is 0 Å². The smallest absolute Gasteiger partial charge is 0.331 e. The van der Waals surface area contributed by atoms with Crippen LogP contribution in [0.5, 0.6) is 5.75 Å². The van der Waals surface area contributed by atoms with Gasteiger partial charge in [0.1, 0.15) is 5.75 Å². The van der Waals surface area contributed by atoms with E-state index in [1.807, 2.05) is 6.92 Å². The lowest BCUT2D eigenvalue weighted by molar-refractivity contribution is -0.151. The molecule has 1 N–H and O–H groups in total. The van der Waals surface area contributed by atoms with E-state index in [2.05, 4.69) is 0 Å². The minimum absolute atomic E-state index is 0.219. The molecule has 0 aromatic heterocycles. The van der Waals surface area contributed by atoms with Gasteiger partial charge in [0.05, 0.1) is 6.61 Å². The molecule has 0 heterocycles. The molecule has 1 atom stereocenters. The molecule has 1 aromatic carbocycles. The van der Waals surface area contributed by atoms with E-state index in [1.54, 1.807) is 38.1 Å². The van der Waals surface area contributed by atoms with Crippen LogP contribution in [0.3, 0.4) is 0 Å². The zero-order valence-electron chi connectivity index (χ0n) is 12.3. The third-order valence-corrected chi connectivity index (χ3v) is 2.95. The molecule has 0 saturated heterocycles. The number of amides is 1. The number of carbonyl (C=O) groups excluding carboxylic acids is 1. The number of nitrogens with zero attached hydrogens (tertiary/aromatic N) is 1. The average Bonchev–Trinajstić information content (AvgIpc) is 2.35. The maximum absolute atomic E-state index is 11.8. The van der Waals surface area contributed by atoms with Crippen molar-refractivity contribution in [1.82, 2.24) is 4.90 Å². The fraction of sp³-hybridized carbons (Fsp3) is 0.467. The van der Waals surface area contributed by atoms with Gasteiger partial charge >= 0.3 is 5.97 Å². The number of aliphatic carboxylic acids is 1. The van der Waals surface area contributed by atoms with Gasteiger partial charge in [-0.05, 0) is 26.8 Å². The van der Waals surface area contributed by atoms with Gasteiger partial charge in [0, 0.05) is 18.5 Å². The predicted molar refractivity (Wildman–Crippen MR) is 75.6 cm³/mol. The van der Waals surface area contributed by atoms with E-state index in [4.69, 9.17) is 4.74 Å². The second-order valence-electron chi connectivity index (χ2n) is 4.73. The summed E-state index contributed by atoms with van der Waals surface area (Å²) in [5.74, 6) is -0.853. The lowest BCUT2D eigenvalue weighted by Crippen LogP contribution is -2.42. The summed E-state index contributed by atoms with van der Waals surface area (Å²) in [7, 11) is 0. The third-order valence-electron chi connectivity index (χ3n) is 2.95. The Hall–Kier alpha value is -2.04. The number of rotatable bonds is 6. The molecule has 20 heavy (non-hydrogen) atoms. The van der Waals surface area contributed by atoms with Crippen LogP contribution >= 0.6 is 0 Å². The van der Waals surface area contributed by atoms with Crippen LogP contribution in [0, 0.1) is 0 Å². The zero-order chi connectivity index (χ0) is 15.3. The van der Waals surface area contributed by atoms with Crippen molar-refractivity contribution >= 4 is 11.9 Å². The Bertz CT molecular complexity index is 485. The first-order valence-corrected chi connectivity index (χ1v) is 6.63. The number of carbonyl (C=O) groups is 2. The summed E-state index contributed by atoms with van der Waals surface area (Å²) in [6.45, 7) is 7.23. The van der Waals surface area contributed by atoms with Crippen LogP contribution in [0.25, 0.3) is 0 Å². The highest BCUT2D eigenvalue weighted by atomic mass is 16.5. The molecule has 0 radical (unpaired) electrons. The van der Waals surface area contributed by atoms with Crippen molar-refractivity contribution in [3.8, 4) is 5.75 Å². The van der Waals surface area contributed by atoms with E-state index < -0.39 is 12.0 Å². The quantitative estimate of drug-likeness (QED) is 0.868. The van der Waals surface area contributed by atoms with Crippen molar-refractivity contribution in [2.45, 2.75) is 39.8 Å². The molecule has 5 heteroatoms. The Morgan fingerprint density at radius 2 is 1.90 bits per heavy atom. The van der Waals surface area contributed by atoms with Crippen LogP contribution in [0.4, 0.5) is 0 Å². The standard InChI is InChI=1S/C15H21NO4/c1-5-20-13-9-7-6-8-12(13)14(15(18)19)16(10(2)3)11(4)17/h6-10,14H,5H2,1-4H3,(H,18,19). The fourth-order valence-electron chi connectivity index (χ4n) is 2.24. The van der Waals surface area contributed by atoms with Crippen molar-refractivity contribution < 1.29 is 19.4 Å². The fourth-order valence-corrected chi connectivity index (χ4v) is 2.24. The Labute approximate surface area is 119 Å². The topological polar surface area (TPSA) is 66.8 Å². The van der Waals surface area contributed by atoms with E-state index in [0.717, 1.165) is 0 Å². The molecule has 1 amide bonds. The van der Waals surface area contributed by atoms with Crippen molar-refractivity contribution in [1.29, 1.82) is 0 Å². The lowest BCUT2D eigenvalue weighted by Gasteiger charge is -2.32. The number of hydrogen-bond acceptors (Lipinski definition) is 3. The first-order chi connectivity index (χ1) is 9.40. The van der Waals surface area contributed by atoms with Crippen LogP contribution in [0.1, 0.15) is 39.3 Å². The maximum Gasteiger partial charge on any atom is 0.331 e. The molecule has 0 aliphatic heterocycles. The molecule has 0 saturated carbocycles. The van der Waals surface area contributed by atoms with Crippen molar-refractivity contribution in [2.24, 2.45) is 0 Å². The summed E-state index contributed by atoms with van der Waals surface area (Å²) in [4.78, 5) is 24.8. The van der Waals surface area contributed by atoms with Crippen LogP contribution in [0.2, 0.25) is 0 Å². The van der Waals surface area contributed by atoms with Crippen LogP contribution in [-0.4, -0.2) is 34.5 Å². The van der Waals surface area contributed by atoms with E-state index >= 15 is 0 Å². The number of benzene rings is 1. The van der Waals surface area contributed by atoms with Crippen LogP contribution in [0.15, 0.2) is 24.3 Å². The van der Waals surface area contributed by atoms with E-state index in [0.29, 0.717) is 17.9 Å². The molecular weight excluding hydrogens is 258 g/mol. The molecule has 1 rings (SSSR count). The molecule has 1 unspecified atom stereocenters. The predicted octanol–water partition coefficient (Wildman–Crippen LogP) is 2.47. The first kappa shape index (κ1) is 16.0. The molecule has 0 fully saturated rings. The van der Waals surface area contributed by atoms with Gasteiger partial charge in [-0.1, -0.05) is 18.2 Å². The molecule has 110 valence electrons. The Morgan fingerprint density at radius 1 is 1.30 bits per heavy atom. The largest absolute Gasteiger partial charge is 0.493 e. The van der Waals surface area contributed by atoms with Gasteiger partial charge in [-0.15, -0.1) is 0 Å². The van der Waals surface area contributed by atoms with Gasteiger partial charge in [0.15, 0.2) is 6.04 Å². The second kappa shape index (κ2) is 6.93. The first-order valence-electron chi connectivity index (χ1n) is 6.63. The minimum atomic E-state index is -1.07. The molecular formula is C15H21NO4. The van der Waals surface area contributed by atoms with Crippen molar-refractivity contribution in [2.75, 3.05) is 6.61 Å². The zero-order valence-corrected chi connectivity index (χ0v) is 12.3. The minimum Gasteiger partial charge on any atom is -0.493 e. The normalized spacial score (nSPS) is 12.1. The van der Waals surface area contributed by atoms with Crippen LogP contribution < -0.4 is 4.74 Å². The van der Waals surface area contributed by atoms with E-state index in [9.17, 15) is 14.7 Å². The van der Waals surface area contributed by atoms with Crippen LogP contribution in [-0.2, 0) is 9.59 Å². The van der Waals surface area contributed by atoms with Crippen molar-refractivity contribution in [3.05, 3.63) is 29.8 Å². The highest BCUT2D eigenvalue weighted by molar-refractivity contribution is 5.84. The van der Waals surface area contributed by atoms with Gasteiger partial charge in [-0.25, -0.2) is 4.79 Å². The average molecular weight is 279 g/mol. The van der Waals surface area contributed by atoms with Gasteiger partial charge in [0.25, 0.3) is 0 Å². The Kier molecular flexibility index (Phi) is 5.55. The number of ether oxygens (including phenoxy) is 1. The summed E-state index contributed by atoms with van der Waals surface area (Å²) >= 11 is 0. The summed E-state index contributed by atoms with van der Waals surface area (Å²) in [5, 5.41) is 9.54. The third kappa shape index (κ3) is 3.50. The van der Waals surface area contributed by atoms with E-state index in [1.165, 1.54) is 11.8 Å². The SMILES string of the molecule is CCOc1ccccc1C(C(=O)O)N(C(C)=O)C(C)C. The molecule has 0 bridgehead atoms. The van der Waals surface area contributed by atoms with Gasteiger partial charge < -0.3 is 14.7 Å². The molecule has 5 nitrogen and oxygen atoms in total.